The highest BCUT2D eigenvalue weighted by Gasteiger charge is 2.18. The van der Waals surface area contributed by atoms with Crippen LogP contribution in [0, 0.1) is 0 Å². The van der Waals surface area contributed by atoms with E-state index in [0.717, 1.165) is 4.57 Å². The molecular weight excluding hydrogens is 272 g/mol. The number of aromatic nitrogens is 2. The van der Waals surface area contributed by atoms with E-state index in [9.17, 15) is 13.6 Å². The van der Waals surface area contributed by atoms with Gasteiger partial charge in [-0.3, -0.25) is 9.36 Å². The van der Waals surface area contributed by atoms with E-state index in [1.165, 1.54) is 29.1 Å². The number of halogens is 2. The Kier molecular flexibility index (Phi) is 5.34. The van der Waals surface area contributed by atoms with Gasteiger partial charge in [-0.15, -0.1) is 11.8 Å². The molecule has 0 atom stereocenters. The molecule has 0 fully saturated rings. The zero-order valence-electron chi connectivity index (χ0n) is 11.6. The monoisotopic (exact) mass is 291 g/mol. The van der Waals surface area contributed by atoms with E-state index in [1.54, 1.807) is 7.05 Å². The molecule has 1 amide bonds. The summed E-state index contributed by atoms with van der Waals surface area (Å²) in [6.45, 7) is 3.52. The Labute approximate surface area is 116 Å². The van der Waals surface area contributed by atoms with Gasteiger partial charge in [0.2, 0.25) is 5.91 Å². The van der Waals surface area contributed by atoms with Crippen molar-refractivity contribution in [3.8, 4) is 0 Å². The topological polar surface area (TPSA) is 38.1 Å². The maximum absolute atomic E-state index is 12.6. The number of thioether (sulfide) groups is 1. The van der Waals surface area contributed by atoms with Crippen LogP contribution in [-0.4, -0.2) is 37.9 Å². The maximum atomic E-state index is 12.6. The fraction of sp³-hybridized carbons (Fsp3) is 0.667. The first kappa shape index (κ1) is 15.9. The minimum Gasteiger partial charge on any atom is -0.338 e. The molecular formula is C12H19F2N3OS. The number of amides is 1. The molecule has 0 saturated carbocycles. The molecule has 0 saturated heterocycles. The zero-order chi connectivity index (χ0) is 14.6. The molecule has 0 unspecified atom stereocenters. The van der Waals surface area contributed by atoms with Crippen LogP contribution < -0.4 is 0 Å². The van der Waals surface area contributed by atoms with Gasteiger partial charge in [-0.1, -0.05) is 20.8 Å². The second-order valence-electron chi connectivity index (χ2n) is 5.18. The molecule has 0 aliphatic carbocycles. The lowest BCUT2D eigenvalue weighted by Crippen LogP contribution is -2.30. The third kappa shape index (κ3) is 5.18. The van der Waals surface area contributed by atoms with Crippen molar-refractivity contribution in [1.82, 2.24) is 14.5 Å². The van der Waals surface area contributed by atoms with Crippen molar-refractivity contribution in [1.29, 1.82) is 0 Å². The average molecular weight is 291 g/mol. The molecule has 0 aliphatic rings. The standard InChI is InChI=1S/C12H19F2N3OS/c1-12(2,3)19-8-10(18)16(4)7-9-15-5-6-17(9)11(13)14/h5-6,11H,7-8H2,1-4H3. The molecule has 0 radical (unpaired) electrons. The van der Waals surface area contributed by atoms with Crippen molar-refractivity contribution < 1.29 is 13.6 Å². The molecule has 7 heteroatoms. The van der Waals surface area contributed by atoms with E-state index in [1.807, 2.05) is 20.8 Å². The highest BCUT2D eigenvalue weighted by atomic mass is 32.2. The summed E-state index contributed by atoms with van der Waals surface area (Å²) in [6.07, 6.45) is 2.52. The van der Waals surface area contributed by atoms with Gasteiger partial charge >= 0.3 is 6.55 Å². The largest absolute Gasteiger partial charge is 0.338 e. The Morgan fingerprint density at radius 3 is 2.68 bits per heavy atom. The van der Waals surface area contributed by atoms with Crippen LogP contribution in [0.3, 0.4) is 0 Å². The molecule has 0 aromatic carbocycles. The number of nitrogens with zero attached hydrogens (tertiary/aromatic N) is 3. The summed E-state index contributed by atoms with van der Waals surface area (Å²) in [5.74, 6) is 0.422. The van der Waals surface area contributed by atoms with Crippen LogP contribution in [0.1, 0.15) is 33.1 Å². The van der Waals surface area contributed by atoms with Crippen molar-refractivity contribution in [3.63, 3.8) is 0 Å². The molecule has 1 aromatic heterocycles. The van der Waals surface area contributed by atoms with Gasteiger partial charge < -0.3 is 4.90 Å². The van der Waals surface area contributed by atoms with Gasteiger partial charge in [-0.25, -0.2) is 4.98 Å². The fourth-order valence-corrected chi connectivity index (χ4v) is 2.11. The Morgan fingerprint density at radius 2 is 2.16 bits per heavy atom. The molecule has 1 aromatic rings. The van der Waals surface area contributed by atoms with Crippen LogP contribution in [0.15, 0.2) is 12.4 Å². The predicted molar refractivity (Wildman–Crippen MR) is 72.2 cm³/mol. The van der Waals surface area contributed by atoms with Gasteiger partial charge in [-0.2, -0.15) is 8.78 Å². The number of alkyl halides is 2. The van der Waals surface area contributed by atoms with E-state index in [-0.39, 0.29) is 23.0 Å². The molecule has 4 nitrogen and oxygen atoms in total. The summed E-state index contributed by atoms with van der Waals surface area (Å²) in [4.78, 5) is 17.1. The number of carbonyl (C=O) groups excluding carboxylic acids is 1. The van der Waals surface area contributed by atoms with Crippen molar-refractivity contribution in [2.75, 3.05) is 12.8 Å². The third-order valence-corrected chi connectivity index (χ3v) is 3.65. The first-order valence-electron chi connectivity index (χ1n) is 5.88. The van der Waals surface area contributed by atoms with Crippen molar-refractivity contribution in [2.24, 2.45) is 0 Å². The number of imidazole rings is 1. The van der Waals surface area contributed by atoms with Gasteiger partial charge in [0.1, 0.15) is 5.82 Å². The highest BCUT2D eigenvalue weighted by Crippen LogP contribution is 2.23. The summed E-state index contributed by atoms with van der Waals surface area (Å²) < 4.78 is 26.0. The normalized spacial score (nSPS) is 11.9. The molecule has 108 valence electrons. The third-order valence-electron chi connectivity index (χ3n) is 2.39. The van der Waals surface area contributed by atoms with Crippen LogP contribution in [-0.2, 0) is 11.3 Å². The number of carbonyl (C=O) groups is 1. The van der Waals surface area contributed by atoms with Crippen molar-refractivity contribution >= 4 is 17.7 Å². The molecule has 1 heterocycles. The van der Waals surface area contributed by atoms with E-state index in [4.69, 9.17) is 0 Å². The van der Waals surface area contributed by atoms with E-state index in [2.05, 4.69) is 4.98 Å². The maximum Gasteiger partial charge on any atom is 0.319 e. The lowest BCUT2D eigenvalue weighted by Gasteiger charge is -2.21. The fourth-order valence-electron chi connectivity index (χ4n) is 1.33. The van der Waals surface area contributed by atoms with Gasteiger partial charge in [0.25, 0.3) is 0 Å². The van der Waals surface area contributed by atoms with Crippen LogP contribution >= 0.6 is 11.8 Å². The molecule has 0 spiro atoms. The SMILES string of the molecule is CN(Cc1nccn1C(F)F)C(=O)CSC(C)(C)C. The molecule has 19 heavy (non-hydrogen) atoms. The average Bonchev–Trinajstić information content (AvgIpc) is 2.72. The van der Waals surface area contributed by atoms with E-state index >= 15 is 0 Å². The van der Waals surface area contributed by atoms with E-state index in [0.29, 0.717) is 5.75 Å². The first-order chi connectivity index (χ1) is 8.70. The van der Waals surface area contributed by atoms with Gasteiger partial charge in [-0.05, 0) is 0 Å². The lowest BCUT2D eigenvalue weighted by atomic mass is 10.3. The van der Waals surface area contributed by atoms with Crippen LogP contribution in [0.25, 0.3) is 0 Å². The molecule has 0 aliphatic heterocycles. The number of hydrogen-bond donors (Lipinski definition) is 0. The Hall–Kier alpha value is -1.11. The number of hydrogen-bond acceptors (Lipinski definition) is 3. The lowest BCUT2D eigenvalue weighted by molar-refractivity contribution is -0.127. The Balaban J connectivity index is 2.57. The van der Waals surface area contributed by atoms with E-state index < -0.39 is 6.55 Å². The summed E-state index contributed by atoms with van der Waals surface area (Å²) in [5, 5.41) is 0. The summed E-state index contributed by atoms with van der Waals surface area (Å²) >= 11 is 1.53. The van der Waals surface area contributed by atoms with Gasteiger partial charge in [0.15, 0.2) is 0 Å². The molecule has 0 N–H and O–H groups in total. The quantitative estimate of drug-likeness (QED) is 0.837. The van der Waals surface area contributed by atoms with Crippen LogP contribution in [0.2, 0.25) is 0 Å². The molecule has 0 bridgehead atoms. The highest BCUT2D eigenvalue weighted by molar-refractivity contribution is 8.01. The minimum atomic E-state index is -2.63. The summed E-state index contributed by atoms with van der Waals surface area (Å²) in [6, 6.07) is 0. The molecule has 1 rings (SSSR count). The number of rotatable bonds is 5. The van der Waals surface area contributed by atoms with Crippen molar-refractivity contribution in [3.05, 3.63) is 18.2 Å². The Morgan fingerprint density at radius 1 is 1.53 bits per heavy atom. The predicted octanol–water partition coefficient (Wildman–Crippen LogP) is 2.77. The van der Waals surface area contributed by atoms with Crippen LogP contribution in [0.4, 0.5) is 8.78 Å². The zero-order valence-corrected chi connectivity index (χ0v) is 12.4. The first-order valence-corrected chi connectivity index (χ1v) is 6.87. The smallest absolute Gasteiger partial charge is 0.319 e. The summed E-state index contributed by atoms with van der Waals surface area (Å²) in [5.41, 5.74) is 0. The summed E-state index contributed by atoms with van der Waals surface area (Å²) in [7, 11) is 1.59. The minimum absolute atomic E-state index is 0.00204. The van der Waals surface area contributed by atoms with Crippen LogP contribution in [0.5, 0.6) is 0 Å². The Bertz CT molecular complexity index is 429. The van der Waals surface area contributed by atoms with Crippen molar-refractivity contribution in [2.45, 2.75) is 38.6 Å². The second kappa shape index (κ2) is 6.36. The van der Waals surface area contributed by atoms with Gasteiger partial charge in [0, 0.05) is 24.2 Å². The second-order valence-corrected chi connectivity index (χ2v) is 6.98. The van der Waals surface area contributed by atoms with Gasteiger partial charge in [0.05, 0.1) is 12.3 Å².